The highest BCUT2D eigenvalue weighted by Gasteiger charge is 2.19. The zero-order valence-corrected chi connectivity index (χ0v) is 14.2. The first-order chi connectivity index (χ1) is 9.88. The molecule has 1 unspecified atom stereocenters. The summed E-state index contributed by atoms with van der Waals surface area (Å²) >= 11 is 0. The molecule has 124 valence electrons. The zero-order valence-electron chi connectivity index (χ0n) is 14.2. The minimum Gasteiger partial charge on any atom is -0.481 e. The van der Waals surface area contributed by atoms with Gasteiger partial charge in [0.15, 0.2) is 0 Å². The number of unbranched alkanes of at least 4 members (excludes halogenated alkanes) is 1. The van der Waals surface area contributed by atoms with Gasteiger partial charge < -0.3 is 10.4 Å². The molecule has 0 aliphatic rings. The third-order valence-corrected chi connectivity index (χ3v) is 3.78. The summed E-state index contributed by atoms with van der Waals surface area (Å²) in [5, 5.41) is 11.9. The summed E-state index contributed by atoms with van der Waals surface area (Å²) in [5.41, 5.74) is 0. The van der Waals surface area contributed by atoms with Gasteiger partial charge in [0.1, 0.15) is 0 Å². The molecule has 0 fully saturated rings. The van der Waals surface area contributed by atoms with Crippen molar-refractivity contribution in [1.29, 1.82) is 0 Å². The van der Waals surface area contributed by atoms with Crippen molar-refractivity contribution in [3.63, 3.8) is 0 Å². The first-order valence-electron chi connectivity index (χ1n) is 8.40. The maximum atomic E-state index is 11.6. The number of hydrogen-bond donors (Lipinski definition) is 2. The summed E-state index contributed by atoms with van der Waals surface area (Å²) in [6, 6.07) is -0.00541. The summed E-state index contributed by atoms with van der Waals surface area (Å²) in [5.74, 6) is 0.429. The van der Waals surface area contributed by atoms with E-state index in [0.717, 1.165) is 12.8 Å². The van der Waals surface area contributed by atoms with Crippen LogP contribution in [0.2, 0.25) is 0 Å². The lowest BCUT2D eigenvalue weighted by Crippen LogP contribution is -2.36. The molecule has 0 bridgehead atoms. The van der Waals surface area contributed by atoms with Crippen molar-refractivity contribution in [2.45, 2.75) is 85.1 Å². The van der Waals surface area contributed by atoms with E-state index in [-0.39, 0.29) is 18.4 Å². The fourth-order valence-corrected chi connectivity index (χ4v) is 2.77. The summed E-state index contributed by atoms with van der Waals surface area (Å²) in [6.45, 7) is 8.45. The molecule has 4 nitrogen and oxygen atoms in total. The van der Waals surface area contributed by atoms with E-state index in [1.807, 2.05) is 6.92 Å². The predicted octanol–water partition coefficient (Wildman–Crippen LogP) is 3.99. The van der Waals surface area contributed by atoms with Gasteiger partial charge in [0.25, 0.3) is 0 Å². The van der Waals surface area contributed by atoms with Crippen molar-refractivity contribution < 1.29 is 14.7 Å². The predicted molar refractivity (Wildman–Crippen MR) is 86.2 cm³/mol. The van der Waals surface area contributed by atoms with Crippen LogP contribution >= 0.6 is 0 Å². The van der Waals surface area contributed by atoms with E-state index >= 15 is 0 Å². The Hall–Kier alpha value is -1.06. The minimum absolute atomic E-state index is 0.00541. The Morgan fingerprint density at radius 3 is 2.24 bits per heavy atom. The van der Waals surface area contributed by atoms with Gasteiger partial charge in [-0.25, -0.2) is 0 Å². The van der Waals surface area contributed by atoms with Crippen molar-refractivity contribution in [2.75, 3.05) is 0 Å². The molecule has 0 aromatic rings. The van der Waals surface area contributed by atoms with Crippen LogP contribution in [0.4, 0.5) is 0 Å². The van der Waals surface area contributed by atoms with E-state index in [0.29, 0.717) is 24.7 Å². The smallest absolute Gasteiger partial charge is 0.303 e. The van der Waals surface area contributed by atoms with Gasteiger partial charge in [-0.3, -0.25) is 9.59 Å². The zero-order chi connectivity index (χ0) is 16.3. The van der Waals surface area contributed by atoms with Crippen LogP contribution in [0.15, 0.2) is 0 Å². The lowest BCUT2D eigenvalue weighted by Gasteiger charge is -2.25. The maximum absolute atomic E-state index is 11.6. The van der Waals surface area contributed by atoms with E-state index in [9.17, 15) is 9.59 Å². The molecule has 1 amide bonds. The first kappa shape index (κ1) is 19.9. The molecule has 0 saturated carbocycles. The van der Waals surface area contributed by atoms with Crippen molar-refractivity contribution in [1.82, 2.24) is 5.32 Å². The molecule has 0 aliphatic heterocycles. The van der Waals surface area contributed by atoms with E-state index in [1.165, 1.54) is 19.3 Å². The molecular weight excluding hydrogens is 266 g/mol. The van der Waals surface area contributed by atoms with Crippen LogP contribution in [-0.4, -0.2) is 23.0 Å². The normalized spacial score (nSPS) is 14.0. The number of carbonyl (C=O) groups excluding carboxylic acids is 1. The summed E-state index contributed by atoms with van der Waals surface area (Å²) < 4.78 is 0. The van der Waals surface area contributed by atoms with Crippen LogP contribution in [0, 0.1) is 11.8 Å². The Balaban J connectivity index is 4.58. The second-order valence-corrected chi connectivity index (χ2v) is 6.42. The van der Waals surface area contributed by atoms with Crippen molar-refractivity contribution in [3.8, 4) is 0 Å². The Bertz CT molecular complexity index is 302. The molecule has 0 aromatic carbocycles. The Labute approximate surface area is 129 Å². The highest BCUT2D eigenvalue weighted by atomic mass is 16.4. The average Bonchev–Trinajstić information content (AvgIpc) is 2.41. The molecule has 0 aromatic heterocycles. The van der Waals surface area contributed by atoms with Crippen molar-refractivity contribution in [2.24, 2.45) is 11.8 Å². The van der Waals surface area contributed by atoms with Crippen LogP contribution in [0.5, 0.6) is 0 Å². The second-order valence-electron chi connectivity index (χ2n) is 6.42. The van der Waals surface area contributed by atoms with Crippen LogP contribution in [-0.2, 0) is 9.59 Å². The third-order valence-electron chi connectivity index (χ3n) is 3.78. The second kappa shape index (κ2) is 11.6. The number of amides is 1. The topological polar surface area (TPSA) is 66.4 Å². The number of carboxylic acids is 1. The maximum Gasteiger partial charge on any atom is 0.303 e. The molecule has 0 heterocycles. The monoisotopic (exact) mass is 299 g/mol. The fourth-order valence-electron chi connectivity index (χ4n) is 2.77. The van der Waals surface area contributed by atoms with Gasteiger partial charge in [-0.2, -0.15) is 0 Å². The lowest BCUT2D eigenvalue weighted by atomic mass is 9.86. The molecule has 0 saturated heterocycles. The number of aliphatic carboxylic acids is 1. The molecule has 0 aliphatic carbocycles. The molecule has 4 heteroatoms. The molecule has 2 N–H and O–H groups in total. The summed E-state index contributed by atoms with van der Waals surface area (Å²) in [7, 11) is 0. The van der Waals surface area contributed by atoms with E-state index in [1.54, 1.807) is 0 Å². The van der Waals surface area contributed by atoms with Crippen LogP contribution in [0.25, 0.3) is 0 Å². The SMILES string of the molecule is CCCCC(CC(C)C)C[C@H](CCC(=O)O)NC(=O)CC. The van der Waals surface area contributed by atoms with E-state index in [4.69, 9.17) is 5.11 Å². The van der Waals surface area contributed by atoms with Gasteiger partial charge in [0, 0.05) is 18.9 Å². The highest BCUT2D eigenvalue weighted by molar-refractivity contribution is 5.76. The van der Waals surface area contributed by atoms with Gasteiger partial charge in [0.05, 0.1) is 0 Å². The number of carboxylic acid groups (broad SMARTS) is 1. The first-order valence-corrected chi connectivity index (χ1v) is 8.40. The number of rotatable bonds is 12. The number of nitrogens with one attached hydrogen (secondary N) is 1. The Morgan fingerprint density at radius 1 is 1.10 bits per heavy atom. The van der Waals surface area contributed by atoms with E-state index < -0.39 is 5.97 Å². The van der Waals surface area contributed by atoms with Gasteiger partial charge in [0.2, 0.25) is 5.91 Å². The number of hydrogen-bond acceptors (Lipinski definition) is 2. The third kappa shape index (κ3) is 11.3. The largest absolute Gasteiger partial charge is 0.481 e. The van der Waals surface area contributed by atoms with Crippen LogP contribution in [0.3, 0.4) is 0 Å². The highest BCUT2D eigenvalue weighted by Crippen LogP contribution is 2.24. The van der Waals surface area contributed by atoms with Crippen LogP contribution in [0.1, 0.15) is 79.1 Å². The molecular formula is C17H33NO3. The molecule has 0 spiro atoms. The summed E-state index contributed by atoms with van der Waals surface area (Å²) in [6.07, 6.45) is 6.69. The number of carbonyl (C=O) groups is 2. The molecule has 0 rings (SSSR count). The van der Waals surface area contributed by atoms with Crippen molar-refractivity contribution >= 4 is 11.9 Å². The van der Waals surface area contributed by atoms with Gasteiger partial charge in [-0.1, -0.05) is 47.0 Å². The quantitative estimate of drug-likeness (QED) is 0.572. The summed E-state index contributed by atoms with van der Waals surface area (Å²) in [4.78, 5) is 22.4. The standard InChI is InChI=1S/C17H33NO3/c1-5-7-8-14(11-13(3)4)12-15(9-10-17(20)21)18-16(19)6-2/h13-15H,5-12H2,1-4H3,(H,18,19)(H,20,21)/t14?,15-/m0/s1. The molecule has 21 heavy (non-hydrogen) atoms. The average molecular weight is 299 g/mol. The van der Waals surface area contributed by atoms with Gasteiger partial charge >= 0.3 is 5.97 Å². The fraction of sp³-hybridized carbons (Fsp3) is 0.882. The molecule has 0 radical (unpaired) electrons. The Morgan fingerprint density at radius 2 is 1.76 bits per heavy atom. The lowest BCUT2D eigenvalue weighted by molar-refractivity contribution is -0.137. The van der Waals surface area contributed by atoms with E-state index in [2.05, 4.69) is 26.1 Å². The van der Waals surface area contributed by atoms with Gasteiger partial charge in [-0.15, -0.1) is 0 Å². The van der Waals surface area contributed by atoms with Gasteiger partial charge in [-0.05, 0) is 31.1 Å². The van der Waals surface area contributed by atoms with Crippen molar-refractivity contribution in [3.05, 3.63) is 0 Å². The minimum atomic E-state index is -0.792. The Kier molecular flexibility index (Phi) is 11.0. The van der Waals surface area contributed by atoms with Crippen LogP contribution < -0.4 is 5.32 Å². The molecule has 2 atom stereocenters.